The van der Waals surface area contributed by atoms with E-state index in [0.29, 0.717) is 42.7 Å². The summed E-state index contributed by atoms with van der Waals surface area (Å²) in [6, 6.07) is 16.2. The molecule has 1 aliphatic heterocycles. The van der Waals surface area contributed by atoms with Crippen LogP contribution in [0.2, 0.25) is 0 Å². The highest BCUT2D eigenvalue weighted by molar-refractivity contribution is 6.08. The minimum Gasteiger partial charge on any atom is -0.455 e. The zero-order valence-corrected chi connectivity index (χ0v) is 24.9. The first-order chi connectivity index (χ1) is 20.2. The normalized spacial score (nSPS) is 17.5. The summed E-state index contributed by atoms with van der Waals surface area (Å²) in [5.41, 5.74) is 1.77. The lowest BCUT2D eigenvalue weighted by molar-refractivity contribution is -0.123. The van der Waals surface area contributed by atoms with Crippen molar-refractivity contribution < 1.29 is 23.1 Å². The second kappa shape index (κ2) is 13.2. The maximum Gasteiger partial charge on any atom is 0.294 e. The number of nitrogens with one attached hydrogen (secondary N) is 1. The number of morpholine rings is 1. The molecule has 1 aliphatic carbocycles. The summed E-state index contributed by atoms with van der Waals surface area (Å²) in [5, 5.41) is 3.04. The van der Waals surface area contributed by atoms with Gasteiger partial charge < -0.3 is 14.5 Å². The fourth-order valence-corrected chi connectivity index (χ4v) is 5.90. The first-order valence-corrected chi connectivity index (χ1v) is 15.1. The highest BCUT2D eigenvalue weighted by atomic mass is 19.1. The van der Waals surface area contributed by atoms with Gasteiger partial charge in [0.05, 0.1) is 19.8 Å². The van der Waals surface area contributed by atoms with E-state index in [-0.39, 0.29) is 11.7 Å². The molecule has 0 radical (unpaired) electrons. The van der Waals surface area contributed by atoms with Crippen LogP contribution in [-0.4, -0.2) is 48.6 Å². The second-order valence-electron chi connectivity index (χ2n) is 12.4. The van der Waals surface area contributed by atoms with Crippen LogP contribution < -0.4 is 10.2 Å². The van der Waals surface area contributed by atoms with Crippen molar-refractivity contribution in [2.45, 2.75) is 76.9 Å². The molecule has 1 aromatic heterocycles. The Kier molecular flexibility index (Phi) is 9.43. The Hall–Kier alpha value is -3.49. The molecule has 1 unspecified atom stereocenters. The van der Waals surface area contributed by atoms with Gasteiger partial charge in [-0.25, -0.2) is 4.39 Å². The maximum atomic E-state index is 14.3. The average Bonchev–Trinajstić information content (AvgIpc) is 3.45. The van der Waals surface area contributed by atoms with Gasteiger partial charge in [0.2, 0.25) is 5.91 Å². The number of ether oxygens (including phenoxy) is 1. The molecule has 2 fully saturated rings. The Morgan fingerprint density at radius 2 is 1.62 bits per heavy atom. The van der Waals surface area contributed by atoms with Gasteiger partial charge in [-0.3, -0.25) is 19.4 Å². The third kappa shape index (κ3) is 7.47. The number of halogens is 1. The standard InChI is InChI=1S/C34H42FN3O4/c1-34(2,3)36-32(39)31(26-9-13-27(35)14-10-26)38(28-15-11-25(12-16-28)24-7-5-4-6-8-24)33(40)30-18-17-29(42-30)23-37-19-21-41-22-20-37/h9-18,24,31H,4-8,19-23H2,1-3H3,(H,36,39). The number of carbonyl (C=O) groups is 2. The van der Waals surface area contributed by atoms with Crippen LogP contribution in [0.4, 0.5) is 10.1 Å². The molecule has 7 nitrogen and oxygen atoms in total. The quantitative estimate of drug-likeness (QED) is 0.328. The van der Waals surface area contributed by atoms with Gasteiger partial charge in [0.15, 0.2) is 5.76 Å². The topological polar surface area (TPSA) is 75.0 Å². The summed E-state index contributed by atoms with van der Waals surface area (Å²) < 4.78 is 25.5. The van der Waals surface area contributed by atoms with Crippen molar-refractivity contribution in [3.05, 3.63) is 89.1 Å². The smallest absolute Gasteiger partial charge is 0.294 e. The average molecular weight is 576 g/mol. The van der Waals surface area contributed by atoms with Gasteiger partial charge in [-0.05, 0) is 87.1 Å². The molecule has 0 spiro atoms. The fraction of sp³-hybridized carbons (Fsp3) is 0.471. The molecule has 1 N–H and O–H groups in total. The van der Waals surface area contributed by atoms with E-state index in [9.17, 15) is 14.0 Å². The summed E-state index contributed by atoms with van der Waals surface area (Å²) in [6.45, 7) is 9.16. The lowest BCUT2D eigenvalue weighted by atomic mass is 9.84. The summed E-state index contributed by atoms with van der Waals surface area (Å²) >= 11 is 0. The zero-order valence-electron chi connectivity index (χ0n) is 24.9. The van der Waals surface area contributed by atoms with E-state index in [1.165, 1.54) is 41.9 Å². The Balaban J connectivity index is 1.52. The first-order valence-electron chi connectivity index (χ1n) is 15.1. The van der Waals surface area contributed by atoms with E-state index in [2.05, 4.69) is 22.3 Å². The van der Waals surface area contributed by atoms with Crippen molar-refractivity contribution in [2.75, 3.05) is 31.2 Å². The van der Waals surface area contributed by atoms with Crippen molar-refractivity contribution >= 4 is 17.5 Å². The molecular weight excluding hydrogens is 533 g/mol. The molecule has 2 aliphatic rings. The van der Waals surface area contributed by atoms with Crippen LogP contribution in [-0.2, 0) is 16.1 Å². The zero-order chi connectivity index (χ0) is 29.7. The number of carbonyl (C=O) groups excluding carboxylic acids is 2. The van der Waals surface area contributed by atoms with Gasteiger partial charge >= 0.3 is 0 Å². The van der Waals surface area contributed by atoms with Crippen molar-refractivity contribution in [1.82, 2.24) is 10.2 Å². The molecule has 224 valence electrons. The molecule has 8 heteroatoms. The van der Waals surface area contributed by atoms with Crippen LogP contribution in [0.15, 0.2) is 65.1 Å². The predicted octanol–water partition coefficient (Wildman–Crippen LogP) is 6.60. The van der Waals surface area contributed by atoms with Crippen LogP contribution in [0, 0.1) is 5.82 Å². The van der Waals surface area contributed by atoms with Gasteiger partial charge in [-0.2, -0.15) is 0 Å². The number of hydrogen-bond acceptors (Lipinski definition) is 5. The minimum absolute atomic E-state index is 0.144. The molecule has 2 aromatic carbocycles. The lowest BCUT2D eigenvalue weighted by Crippen LogP contribution is -2.49. The van der Waals surface area contributed by atoms with E-state index < -0.39 is 23.3 Å². The van der Waals surface area contributed by atoms with Gasteiger partial charge in [0.1, 0.15) is 17.6 Å². The Labute approximate surface area is 248 Å². The van der Waals surface area contributed by atoms with Crippen LogP contribution in [0.1, 0.15) is 92.3 Å². The van der Waals surface area contributed by atoms with Crippen LogP contribution >= 0.6 is 0 Å². The third-order valence-corrected chi connectivity index (χ3v) is 8.01. The number of hydrogen-bond donors (Lipinski definition) is 1. The molecule has 5 rings (SSSR count). The molecule has 2 amide bonds. The SMILES string of the molecule is CC(C)(C)NC(=O)C(c1ccc(F)cc1)N(C(=O)c1ccc(CN2CCOCC2)o1)c1ccc(C2CCCCC2)cc1. The van der Waals surface area contributed by atoms with Gasteiger partial charge in [0, 0.05) is 24.3 Å². The third-order valence-electron chi connectivity index (χ3n) is 8.01. The van der Waals surface area contributed by atoms with E-state index in [4.69, 9.17) is 9.15 Å². The van der Waals surface area contributed by atoms with Crippen LogP contribution in [0.5, 0.6) is 0 Å². The van der Waals surface area contributed by atoms with Crippen molar-refractivity contribution in [3.8, 4) is 0 Å². The number of nitrogens with zero attached hydrogens (tertiary/aromatic N) is 2. The Morgan fingerprint density at radius 1 is 0.952 bits per heavy atom. The fourth-order valence-electron chi connectivity index (χ4n) is 5.90. The number of furan rings is 1. The van der Waals surface area contributed by atoms with Crippen molar-refractivity contribution in [2.24, 2.45) is 0 Å². The maximum absolute atomic E-state index is 14.3. The Bertz CT molecular complexity index is 1330. The molecule has 1 saturated carbocycles. The minimum atomic E-state index is -1.05. The number of benzene rings is 2. The van der Waals surface area contributed by atoms with E-state index in [1.807, 2.05) is 39.0 Å². The molecule has 1 saturated heterocycles. The summed E-state index contributed by atoms with van der Waals surface area (Å²) in [5.74, 6) is 0.102. The molecule has 3 aromatic rings. The van der Waals surface area contributed by atoms with E-state index >= 15 is 0 Å². The summed E-state index contributed by atoms with van der Waals surface area (Å²) in [4.78, 5) is 32.0. The monoisotopic (exact) mass is 575 g/mol. The molecular formula is C34H42FN3O4. The second-order valence-corrected chi connectivity index (χ2v) is 12.4. The number of anilines is 1. The highest BCUT2D eigenvalue weighted by Crippen LogP contribution is 2.36. The number of amides is 2. The highest BCUT2D eigenvalue weighted by Gasteiger charge is 2.36. The van der Waals surface area contributed by atoms with Gasteiger partial charge in [-0.15, -0.1) is 0 Å². The largest absolute Gasteiger partial charge is 0.455 e. The summed E-state index contributed by atoms with van der Waals surface area (Å²) in [7, 11) is 0. The molecule has 1 atom stereocenters. The molecule has 0 bridgehead atoms. The first kappa shape index (κ1) is 30.0. The van der Waals surface area contributed by atoms with E-state index in [1.54, 1.807) is 18.2 Å². The summed E-state index contributed by atoms with van der Waals surface area (Å²) in [6.07, 6.45) is 6.04. The number of rotatable bonds is 8. The van der Waals surface area contributed by atoms with Gasteiger partial charge in [-0.1, -0.05) is 43.5 Å². The van der Waals surface area contributed by atoms with Crippen molar-refractivity contribution in [3.63, 3.8) is 0 Å². The lowest BCUT2D eigenvalue weighted by Gasteiger charge is -2.33. The Morgan fingerprint density at radius 3 is 2.26 bits per heavy atom. The van der Waals surface area contributed by atoms with E-state index in [0.717, 1.165) is 25.9 Å². The van der Waals surface area contributed by atoms with Gasteiger partial charge in [0.25, 0.3) is 5.91 Å². The molecule has 2 heterocycles. The molecule has 42 heavy (non-hydrogen) atoms. The predicted molar refractivity (Wildman–Crippen MR) is 161 cm³/mol. The van der Waals surface area contributed by atoms with Crippen LogP contribution in [0.3, 0.4) is 0 Å². The van der Waals surface area contributed by atoms with Crippen molar-refractivity contribution in [1.29, 1.82) is 0 Å². The van der Waals surface area contributed by atoms with Crippen LogP contribution in [0.25, 0.3) is 0 Å².